The van der Waals surface area contributed by atoms with E-state index in [4.69, 9.17) is 9.47 Å². The first-order valence-electron chi connectivity index (χ1n) is 20.3. The van der Waals surface area contributed by atoms with E-state index in [9.17, 15) is 19.8 Å². The first kappa shape index (κ1) is 36.0. The second-order valence-electron chi connectivity index (χ2n) is 16.3. The Hall–Kier alpha value is -4.70. The van der Waals surface area contributed by atoms with Crippen LogP contribution in [0.2, 0.25) is 0 Å². The zero-order chi connectivity index (χ0) is 37.5. The van der Waals surface area contributed by atoms with Gasteiger partial charge >= 0.3 is 0 Å². The van der Waals surface area contributed by atoms with E-state index < -0.39 is 12.3 Å². The van der Waals surface area contributed by atoms with Crippen LogP contribution in [-0.4, -0.2) is 69.7 Å². The number of imide groups is 1. The standard InChI is InChI=1S/C46H51N3O6/c50-35-9-14-40-32(24-35)8-13-39(30-4-2-1-3-5-30)44(40)31-6-10-36(11-7-31)54-23-20-29-18-21-48(22-19-29)34-26-38(27-34)55-37-12-15-41-33(25-37)28-49(46(41)53)42-16-17-43(51)47-45(42)52/h1-7,9-12,14-15,24-25,29,34,38-39,42,44,46,50,53H,8,13,16-23,26-28H2,(H,47,51,52)/t34-,38+,39-,42?,44+,46?/m1/s1. The van der Waals surface area contributed by atoms with Gasteiger partial charge in [-0.1, -0.05) is 54.6 Å². The Balaban J connectivity index is 0.720. The van der Waals surface area contributed by atoms with Gasteiger partial charge in [-0.15, -0.1) is 0 Å². The molecule has 2 saturated heterocycles. The van der Waals surface area contributed by atoms with Crippen LogP contribution in [0.5, 0.6) is 17.2 Å². The number of aliphatic hydroxyl groups excluding tert-OH is 1. The first-order chi connectivity index (χ1) is 26.9. The predicted molar refractivity (Wildman–Crippen MR) is 209 cm³/mol. The van der Waals surface area contributed by atoms with Crippen molar-refractivity contribution >= 4 is 11.8 Å². The number of hydrogen-bond acceptors (Lipinski definition) is 8. The molecule has 3 aliphatic heterocycles. The third-order valence-corrected chi connectivity index (χ3v) is 13.1. The highest BCUT2D eigenvalue weighted by Crippen LogP contribution is 2.47. The maximum atomic E-state index is 12.4. The average Bonchev–Trinajstić information content (AvgIpc) is 3.51. The molecule has 0 aromatic heterocycles. The number of nitrogens with zero attached hydrogens (tertiary/aromatic N) is 2. The smallest absolute Gasteiger partial charge is 0.244 e. The van der Waals surface area contributed by atoms with E-state index in [-0.39, 0.29) is 30.3 Å². The Labute approximate surface area is 323 Å². The zero-order valence-electron chi connectivity index (χ0n) is 31.3. The molecule has 2 amide bonds. The number of rotatable bonds is 10. The van der Waals surface area contributed by atoms with Gasteiger partial charge in [0.2, 0.25) is 11.8 Å². The van der Waals surface area contributed by atoms with Crippen LogP contribution < -0.4 is 14.8 Å². The van der Waals surface area contributed by atoms with E-state index in [1.807, 2.05) is 30.3 Å². The fourth-order valence-corrected chi connectivity index (χ4v) is 9.91. The summed E-state index contributed by atoms with van der Waals surface area (Å²) in [5.41, 5.74) is 6.98. The van der Waals surface area contributed by atoms with E-state index >= 15 is 0 Å². The summed E-state index contributed by atoms with van der Waals surface area (Å²) in [6.45, 7) is 3.42. The number of piperidine rings is 2. The summed E-state index contributed by atoms with van der Waals surface area (Å²) in [5.74, 6) is 2.78. The van der Waals surface area contributed by atoms with Gasteiger partial charge in [0, 0.05) is 43.3 Å². The minimum atomic E-state index is -0.862. The fraction of sp³-hybridized carbons (Fsp3) is 0.435. The van der Waals surface area contributed by atoms with Crippen LogP contribution in [0.4, 0.5) is 0 Å². The van der Waals surface area contributed by atoms with Crippen molar-refractivity contribution in [2.45, 2.75) is 101 Å². The second kappa shape index (κ2) is 15.4. The van der Waals surface area contributed by atoms with Crippen LogP contribution >= 0.6 is 0 Å². The maximum Gasteiger partial charge on any atom is 0.244 e. The number of hydrogen-bond donors (Lipinski definition) is 3. The van der Waals surface area contributed by atoms with Crippen LogP contribution in [0.25, 0.3) is 0 Å². The fourth-order valence-electron chi connectivity index (χ4n) is 9.91. The molecular weight excluding hydrogens is 691 g/mol. The molecule has 4 aromatic carbocycles. The van der Waals surface area contributed by atoms with Gasteiger partial charge in [-0.2, -0.15) is 0 Å². The molecule has 3 fully saturated rings. The molecule has 5 aliphatic rings. The SMILES string of the molecule is O=C1CCC(N2Cc3cc(O[C@H]4C[C@@H](N5CCC(CCOc6ccc([C@@H]7c8ccc(O)cc8CC[C@@H]7c7ccccc7)cc6)CC5)C4)ccc3C2O)C(=O)N1. The Kier molecular flexibility index (Phi) is 10.1. The van der Waals surface area contributed by atoms with E-state index in [0.717, 1.165) is 74.4 Å². The van der Waals surface area contributed by atoms with Crippen LogP contribution in [0.1, 0.15) is 103 Å². The monoisotopic (exact) mass is 741 g/mol. The van der Waals surface area contributed by atoms with Gasteiger partial charge in [-0.25, -0.2) is 0 Å². The normalized spacial score (nSPS) is 27.1. The quantitative estimate of drug-likeness (QED) is 0.150. The summed E-state index contributed by atoms with van der Waals surface area (Å²) in [6.07, 6.45) is 7.54. The van der Waals surface area contributed by atoms with Gasteiger partial charge in [-0.05, 0) is 128 Å². The number of phenolic OH excluding ortho intramolecular Hbond substituents is 1. The summed E-state index contributed by atoms with van der Waals surface area (Å²) in [4.78, 5) is 28.4. The van der Waals surface area contributed by atoms with Crippen molar-refractivity contribution in [3.63, 3.8) is 0 Å². The number of amides is 2. The Morgan fingerprint density at radius 3 is 2.31 bits per heavy atom. The molecule has 1 saturated carbocycles. The number of likely N-dealkylation sites (tertiary alicyclic amines) is 1. The molecule has 3 heterocycles. The van der Waals surface area contributed by atoms with E-state index in [1.165, 1.54) is 35.1 Å². The van der Waals surface area contributed by atoms with Crippen LogP contribution in [0.15, 0.2) is 91.0 Å². The molecule has 4 atom stereocenters. The summed E-state index contributed by atoms with van der Waals surface area (Å²) in [6, 6.07) is 31.3. The molecule has 55 heavy (non-hydrogen) atoms. The van der Waals surface area contributed by atoms with Gasteiger partial charge in [0.15, 0.2) is 0 Å². The first-order valence-corrected chi connectivity index (χ1v) is 20.3. The van der Waals surface area contributed by atoms with Crippen molar-refractivity contribution in [3.05, 3.63) is 124 Å². The Bertz CT molecular complexity index is 2010. The number of aryl methyl sites for hydroxylation is 1. The van der Waals surface area contributed by atoms with Gasteiger partial charge in [0.1, 0.15) is 29.6 Å². The van der Waals surface area contributed by atoms with Crippen molar-refractivity contribution in [1.82, 2.24) is 15.1 Å². The van der Waals surface area contributed by atoms with Crippen molar-refractivity contribution in [1.29, 1.82) is 0 Å². The number of aliphatic hydroxyl groups is 1. The van der Waals surface area contributed by atoms with Gasteiger partial charge in [0.05, 0.1) is 12.6 Å². The van der Waals surface area contributed by atoms with Gasteiger partial charge < -0.3 is 24.6 Å². The van der Waals surface area contributed by atoms with Crippen molar-refractivity contribution < 1.29 is 29.3 Å². The average molecular weight is 742 g/mol. The molecule has 2 aliphatic carbocycles. The lowest BCUT2D eigenvalue weighted by Gasteiger charge is -2.45. The minimum absolute atomic E-state index is 0.184. The van der Waals surface area contributed by atoms with Crippen molar-refractivity contribution in [2.24, 2.45) is 5.92 Å². The highest BCUT2D eigenvalue weighted by molar-refractivity contribution is 6.00. The molecule has 9 rings (SSSR count). The van der Waals surface area contributed by atoms with Gasteiger partial charge in [0.25, 0.3) is 0 Å². The van der Waals surface area contributed by atoms with Crippen LogP contribution in [0, 0.1) is 5.92 Å². The lowest BCUT2D eigenvalue weighted by atomic mass is 9.69. The lowest BCUT2D eigenvalue weighted by Crippen LogP contribution is -2.51. The molecule has 9 nitrogen and oxygen atoms in total. The number of nitrogens with one attached hydrogen (secondary N) is 1. The topological polar surface area (TPSA) is 112 Å². The third-order valence-electron chi connectivity index (χ3n) is 13.1. The summed E-state index contributed by atoms with van der Waals surface area (Å²) in [5, 5.41) is 23.5. The number of carbonyl (C=O) groups is 2. The predicted octanol–water partition coefficient (Wildman–Crippen LogP) is 6.96. The van der Waals surface area contributed by atoms with Crippen molar-refractivity contribution in [3.8, 4) is 17.2 Å². The molecule has 0 spiro atoms. The third kappa shape index (κ3) is 7.50. The molecule has 286 valence electrons. The highest BCUT2D eigenvalue weighted by Gasteiger charge is 2.41. The summed E-state index contributed by atoms with van der Waals surface area (Å²) in [7, 11) is 0. The molecule has 9 heteroatoms. The molecule has 0 bridgehead atoms. The Morgan fingerprint density at radius 2 is 1.53 bits per heavy atom. The highest BCUT2D eigenvalue weighted by atomic mass is 16.5. The Morgan fingerprint density at radius 1 is 0.764 bits per heavy atom. The molecule has 3 N–H and O–H groups in total. The van der Waals surface area contributed by atoms with E-state index in [2.05, 4.69) is 70.9 Å². The minimum Gasteiger partial charge on any atom is -0.508 e. The van der Waals surface area contributed by atoms with Crippen LogP contribution in [0.3, 0.4) is 0 Å². The number of carbonyl (C=O) groups excluding carboxylic acids is 2. The lowest BCUT2D eigenvalue weighted by molar-refractivity contribution is -0.141. The van der Waals surface area contributed by atoms with E-state index in [0.29, 0.717) is 36.6 Å². The zero-order valence-corrected chi connectivity index (χ0v) is 31.3. The molecule has 2 unspecified atom stereocenters. The van der Waals surface area contributed by atoms with Gasteiger partial charge in [-0.3, -0.25) is 19.8 Å². The largest absolute Gasteiger partial charge is 0.508 e. The number of ether oxygens (including phenoxy) is 2. The maximum absolute atomic E-state index is 12.4. The summed E-state index contributed by atoms with van der Waals surface area (Å²) >= 11 is 0. The molecule has 4 aromatic rings. The molecular formula is C46H51N3O6. The number of fused-ring (bicyclic) bond motifs is 2. The number of benzene rings is 4. The second-order valence-corrected chi connectivity index (χ2v) is 16.3. The number of aromatic hydroxyl groups is 1. The number of phenols is 1. The summed E-state index contributed by atoms with van der Waals surface area (Å²) < 4.78 is 12.7. The van der Waals surface area contributed by atoms with Crippen LogP contribution in [-0.2, 0) is 22.6 Å². The molecule has 0 radical (unpaired) electrons. The van der Waals surface area contributed by atoms with Crippen molar-refractivity contribution in [2.75, 3.05) is 19.7 Å². The van der Waals surface area contributed by atoms with E-state index in [1.54, 1.807) is 4.90 Å².